The highest BCUT2D eigenvalue weighted by molar-refractivity contribution is 5.76. The highest BCUT2D eigenvalue weighted by Crippen LogP contribution is 2.05. The van der Waals surface area contributed by atoms with Crippen LogP contribution in [0.4, 0.5) is 0 Å². The predicted octanol–water partition coefficient (Wildman–Crippen LogP) is 1.69. The summed E-state index contributed by atoms with van der Waals surface area (Å²) in [6.07, 6.45) is 1.94. The summed E-state index contributed by atoms with van der Waals surface area (Å²) in [6.45, 7) is 2.86. The van der Waals surface area contributed by atoms with Gasteiger partial charge in [0.1, 0.15) is 6.61 Å². The number of aryl methyl sites for hydroxylation is 2. The Labute approximate surface area is 96.8 Å². The fourth-order valence-electron chi connectivity index (χ4n) is 1.37. The molecule has 0 aliphatic rings. The second kappa shape index (κ2) is 7.01. The minimum atomic E-state index is -0.0738. The Morgan fingerprint density at radius 1 is 1.31 bits per heavy atom. The summed E-state index contributed by atoms with van der Waals surface area (Å²) in [5.74, 6) is -0.0738. The Morgan fingerprint density at radius 2 is 2.00 bits per heavy atom. The highest BCUT2D eigenvalue weighted by atomic mass is 16.5. The fourth-order valence-corrected chi connectivity index (χ4v) is 1.37. The molecule has 1 N–H and O–H groups in total. The number of rotatable bonds is 6. The van der Waals surface area contributed by atoms with Gasteiger partial charge in [-0.05, 0) is 25.3 Å². The summed E-state index contributed by atoms with van der Waals surface area (Å²) in [6, 6.07) is 8.49. The van der Waals surface area contributed by atoms with Crippen molar-refractivity contribution in [3.8, 4) is 0 Å². The van der Waals surface area contributed by atoms with E-state index in [2.05, 4.69) is 36.5 Å². The summed E-state index contributed by atoms with van der Waals surface area (Å²) in [5.41, 5.74) is 2.59. The van der Waals surface area contributed by atoms with E-state index in [-0.39, 0.29) is 12.5 Å². The van der Waals surface area contributed by atoms with Crippen LogP contribution in [-0.4, -0.2) is 26.2 Å². The molecular formula is C13H19NO2. The minimum absolute atomic E-state index is 0.0738. The third-order valence-electron chi connectivity index (χ3n) is 2.39. The third kappa shape index (κ3) is 4.94. The normalized spacial score (nSPS) is 10.1. The van der Waals surface area contributed by atoms with Crippen LogP contribution in [0.5, 0.6) is 0 Å². The molecule has 0 aromatic heterocycles. The molecule has 0 atom stereocenters. The summed E-state index contributed by atoms with van der Waals surface area (Å²) < 4.78 is 5.22. The van der Waals surface area contributed by atoms with E-state index in [1.807, 2.05) is 0 Å². The molecule has 88 valence electrons. The second-order valence-electron chi connectivity index (χ2n) is 3.81. The van der Waals surface area contributed by atoms with Crippen LogP contribution in [0.15, 0.2) is 24.3 Å². The van der Waals surface area contributed by atoms with Crippen molar-refractivity contribution in [1.82, 2.24) is 5.32 Å². The Bertz CT molecular complexity index is 319. The average molecular weight is 221 g/mol. The highest BCUT2D eigenvalue weighted by Gasteiger charge is 1.97. The summed E-state index contributed by atoms with van der Waals surface area (Å²) >= 11 is 0. The van der Waals surface area contributed by atoms with Crippen LogP contribution in [0, 0.1) is 6.92 Å². The van der Waals surface area contributed by atoms with E-state index in [9.17, 15) is 4.79 Å². The van der Waals surface area contributed by atoms with Gasteiger partial charge in [0.15, 0.2) is 0 Å². The average Bonchev–Trinajstić information content (AvgIpc) is 2.31. The van der Waals surface area contributed by atoms with E-state index in [0.717, 1.165) is 12.8 Å². The molecule has 3 heteroatoms. The number of hydrogen-bond donors (Lipinski definition) is 1. The molecule has 1 aromatic carbocycles. The summed E-state index contributed by atoms with van der Waals surface area (Å²) in [4.78, 5) is 10.8. The van der Waals surface area contributed by atoms with Crippen LogP contribution < -0.4 is 5.32 Å². The van der Waals surface area contributed by atoms with Gasteiger partial charge in [0.25, 0.3) is 0 Å². The molecule has 0 aliphatic carbocycles. The maximum atomic E-state index is 10.8. The maximum Gasteiger partial charge on any atom is 0.245 e. The number of amides is 1. The molecule has 1 aromatic rings. The van der Waals surface area contributed by atoms with Crippen LogP contribution in [0.3, 0.4) is 0 Å². The number of hydrogen-bond acceptors (Lipinski definition) is 2. The molecule has 0 unspecified atom stereocenters. The van der Waals surface area contributed by atoms with E-state index in [1.165, 1.54) is 11.1 Å². The summed E-state index contributed by atoms with van der Waals surface area (Å²) in [5, 5.41) is 2.52. The van der Waals surface area contributed by atoms with Crippen molar-refractivity contribution in [2.75, 3.05) is 20.3 Å². The molecule has 0 saturated heterocycles. The minimum Gasteiger partial charge on any atom is -0.372 e. The molecule has 0 radical (unpaired) electrons. The van der Waals surface area contributed by atoms with Crippen LogP contribution in [0.1, 0.15) is 17.5 Å². The van der Waals surface area contributed by atoms with E-state index in [0.29, 0.717) is 6.61 Å². The number of nitrogens with one attached hydrogen (secondary N) is 1. The van der Waals surface area contributed by atoms with E-state index < -0.39 is 0 Å². The zero-order valence-corrected chi connectivity index (χ0v) is 9.95. The van der Waals surface area contributed by atoms with Gasteiger partial charge < -0.3 is 10.1 Å². The van der Waals surface area contributed by atoms with Crippen molar-refractivity contribution in [3.63, 3.8) is 0 Å². The van der Waals surface area contributed by atoms with Crippen LogP contribution in [0.2, 0.25) is 0 Å². The number of carbonyl (C=O) groups excluding carboxylic acids is 1. The van der Waals surface area contributed by atoms with E-state index in [4.69, 9.17) is 4.74 Å². The number of carbonyl (C=O) groups is 1. The molecule has 0 heterocycles. The van der Waals surface area contributed by atoms with Crippen LogP contribution in [0.25, 0.3) is 0 Å². The van der Waals surface area contributed by atoms with Crippen molar-refractivity contribution in [2.24, 2.45) is 0 Å². The van der Waals surface area contributed by atoms with Gasteiger partial charge in [-0.2, -0.15) is 0 Å². The number of likely N-dealkylation sites (N-methyl/N-ethyl adjacent to an activating group) is 1. The first kappa shape index (κ1) is 12.7. The predicted molar refractivity (Wildman–Crippen MR) is 64.4 cm³/mol. The van der Waals surface area contributed by atoms with Crippen LogP contribution >= 0.6 is 0 Å². The number of ether oxygens (including phenoxy) is 1. The first-order chi connectivity index (χ1) is 7.72. The second-order valence-corrected chi connectivity index (χ2v) is 3.81. The molecule has 1 rings (SSSR count). The van der Waals surface area contributed by atoms with Crippen molar-refractivity contribution in [3.05, 3.63) is 35.4 Å². The smallest absolute Gasteiger partial charge is 0.245 e. The van der Waals surface area contributed by atoms with Gasteiger partial charge in [-0.25, -0.2) is 0 Å². The first-order valence-corrected chi connectivity index (χ1v) is 5.56. The molecule has 0 spiro atoms. The van der Waals surface area contributed by atoms with Gasteiger partial charge in [-0.1, -0.05) is 29.8 Å². The molecule has 0 aliphatic heterocycles. The van der Waals surface area contributed by atoms with E-state index in [1.54, 1.807) is 7.05 Å². The van der Waals surface area contributed by atoms with Crippen molar-refractivity contribution < 1.29 is 9.53 Å². The summed E-state index contributed by atoms with van der Waals surface area (Å²) in [7, 11) is 1.61. The lowest BCUT2D eigenvalue weighted by Crippen LogP contribution is -2.23. The van der Waals surface area contributed by atoms with Crippen molar-refractivity contribution in [1.29, 1.82) is 0 Å². The molecule has 0 saturated carbocycles. The topological polar surface area (TPSA) is 38.3 Å². The van der Waals surface area contributed by atoms with Gasteiger partial charge in [0, 0.05) is 13.7 Å². The molecule has 1 amide bonds. The Hall–Kier alpha value is -1.35. The number of benzene rings is 1. The van der Waals surface area contributed by atoms with Gasteiger partial charge in [0.2, 0.25) is 5.91 Å². The Kier molecular flexibility index (Phi) is 5.57. The molecule has 0 fully saturated rings. The van der Waals surface area contributed by atoms with Gasteiger partial charge >= 0.3 is 0 Å². The molecular weight excluding hydrogens is 202 g/mol. The standard InChI is InChI=1S/C13H19NO2/c1-11-5-7-12(8-6-11)4-3-9-16-10-13(15)14-2/h5-8H,3-4,9-10H2,1-2H3,(H,14,15). The largest absolute Gasteiger partial charge is 0.372 e. The first-order valence-electron chi connectivity index (χ1n) is 5.56. The fraction of sp³-hybridized carbons (Fsp3) is 0.462. The maximum absolute atomic E-state index is 10.8. The quantitative estimate of drug-likeness (QED) is 0.742. The van der Waals surface area contributed by atoms with Crippen molar-refractivity contribution in [2.45, 2.75) is 19.8 Å². The molecule has 0 bridgehead atoms. The molecule has 3 nitrogen and oxygen atoms in total. The molecule has 16 heavy (non-hydrogen) atoms. The van der Waals surface area contributed by atoms with Gasteiger partial charge in [0.05, 0.1) is 0 Å². The third-order valence-corrected chi connectivity index (χ3v) is 2.39. The van der Waals surface area contributed by atoms with Crippen LogP contribution in [-0.2, 0) is 16.0 Å². The lowest BCUT2D eigenvalue weighted by atomic mass is 10.1. The lowest BCUT2D eigenvalue weighted by Gasteiger charge is -2.04. The monoisotopic (exact) mass is 221 g/mol. The zero-order chi connectivity index (χ0) is 11.8. The lowest BCUT2D eigenvalue weighted by molar-refractivity contribution is -0.125. The Morgan fingerprint density at radius 3 is 2.62 bits per heavy atom. The zero-order valence-electron chi connectivity index (χ0n) is 9.95. The van der Waals surface area contributed by atoms with E-state index >= 15 is 0 Å². The SMILES string of the molecule is CNC(=O)COCCCc1ccc(C)cc1. The Balaban J connectivity index is 2.11. The van der Waals surface area contributed by atoms with Crippen molar-refractivity contribution >= 4 is 5.91 Å². The van der Waals surface area contributed by atoms with Gasteiger partial charge in [-0.3, -0.25) is 4.79 Å². The van der Waals surface area contributed by atoms with Gasteiger partial charge in [-0.15, -0.1) is 0 Å².